The average Bonchev–Trinajstić information content (AvgIpc) is 2.10. The number of halogens is 1. The van der Waals surface area contributed by atoms with E-state index in [1.807, 2.05) is 32.3 Å². The number of hydrogen-bond acceptors (Lipinski definition) is 3. The van der Waals surface area contributed by atoms with Crippen molar-refractivity contribution in [2.75, 3.05) is 31.7 Å². The van der Waals surface area contributed by atoms with Crippen molar-refractivity contribution in [2.24, 2.45) is 0 Å². The second kappa shape index (κ2) is 5.24. The molecular formula is C11H18ClN3. The Bertz CT molecular complexity index is 305. The van der Waals surface area contributed by atoms with Gasteiger partial charge in [0.1, 0.15) is 0 Å². The normalized spacial score (nSPS) is 12.9. The van der Waals surface area contributed by atoms with Gasteiger partial charge >= 0.3 is 0 Å². The van der Waals surface area contributed by atoms with Crippen molar-refractivity contribution in [1.29, 1.82) is 0 Å². The van der Waals surface area contributed by atoms with E-state index in [1.165, 1.54) is 0 Å². The first-order valence-electron chi connectivity index (χ1n) is 4.96. The first-order chi connectivity index (χ1) is 7.00. The summed E-state index contributed by atoms with van der Waals surface area (Å²) in [6.07, 6.45) is 0. The zero-order valence-corrected chi connectivity index (χ0v) is 10.2. The van der Waals surface area contributed by atoms with Crippen LogP contribution in [0.5, 0.6) is 0 Å². The number of likely N-dealkylation sites (N-methyl/N-ethyl adjacent to an activating group) is 1. The molecular weight excluding hydrogens is 210 g/mol. The second-order valence-electron chi connectivity index (χ2n) is 4.01. The maximum Gasteiger partial charge on any atom is 0.0765 e. The smallest absolute Gasteiger partial charge is 0.0765 e. The monoisotopic (exact) mass is 227 g/mol. The molecule has 1 unspecified atom stereocenters. The number of nitrogens with one attached hydrogen (secondary N) is 1. The number of hydrogen-bond donors (Lipinski definition) is 2. The highest BCUT2D eigenvalue weighted by atomic mass is 35.5. The molecule has 1 atom stereocenters. The lowest BCUT2D eigenvalue weighted by Gasteiger charge is -2.21. The fourth-order valence-corrected chi connectivity index (χ4v) is 1.77. The van der Waals surface area contributed by atoms with Crippen molar-refractivity contribution in [3.8, 4) is 0 Å². The van der Waals surface area contributed by atoms with E-state index in [2.05, 4.69) is 17.1 Å². The SMILES string of the molecule is CC(CN(C)C)Nc1c(N)cccc1Cl. The van der Waals surface area contributed by atoms with Crippen LogP contribution < -0.4 is 11.1 Å². The molecule has 0 fully saturated rings. The molecule has 0 saturated heterocycles. The predicted molar refractivity (Wildman–Crippen MR) is 67.5 cm³/mol. The third-order valence-electron chi connectivity index (χ3n) is 2.08. The van der Waals surface area contributed by atoms with E-state index in [-0.39, 0.29) is 0 Å². The first kappa shape index (κ1) is 12.1. The fourth-order valence-electron chi connectivity index (χ4n) is 1.53. The molecule has 15 heavy (non-hydrogen) atoms. The van der Waals surface area contributed by atoms with Gasteiger partial charge in [-0.05, 0) is 33.2 Å². The van der Waals surface area contributed by atoms with Crippen molar-refractivity contribution >= 4 is 23.0 Å². The number of nitrogens with zero attached hydrogens (tertiary/aromatic N) is 1. The zero-order chi connectivity index (χ0) is 11.4. The van der Waals surface area contributed by atoms with Crippen LogP contribution in [0.1, 0.15) is 6.92 Å². The Balaban J connectivity index is 2.71. The standard InChI is InChI=1S/C11H18ClN3/c1-8(7-15(2)3)14-11-9(12)5-4-6-10(11)13/h4-6,8,14H,7,13H2,1-3H3. The van der Waals surface area contributed by atoms with E-state index in [1.54, 1.807) is 0 Å². The lowest BCUT2D eigenvalue weighted by atomic mass is 10.2. The molecule has 0 saturated carbocycles. The molecule has 3 nitrogen and oxygen atoms in total. The summed E-state index contributed by atoms with van der Waals surface area (Å²) in [5.41, 5.74) is 7.36. The highest BCUT2D eigenvalue weighted by Gasteiger charge is 2.08. The molecule has 3 N–H and O–H groups in total. The van der Waals surface area contributed by atoms with Crippen LogP contribution in [0.3, 0.4) is 0 Å². The van der Waals surface area contributed by atoms with Crippen LogP contribution in [0.4, 0.5) is 11.4 Å². The van der Waals surface area contributed by atoms with Gasteiger partial charge in [0.25, 0.3) is 0 Å². The Morgan fingerprint density at radius 1 is 1.47 bits per heavy atom. The minimum Gasteiger partial charge on any atom is -0.397 e. The maximum atomic E-state index is 6.05. The molecule has 0 aliphatic rings. The minimum atomic E-state index is 0.308. The Kier molecular flexibility index (Phi) is 4.24. The van der Waals surface area contributed by atoms with Crippen LogP contribution in [0, 0.1) is 0 Å². The molecule has 0 bridgehead atoms. The van der Waals surface area contributed by atoms with Gasteiger partial charge in [0.05, 0.1) is 16.4 Å². The first-order valence-corrected chi connectivity index (χ1v) is 5.33. The van der Waals surface area contributed by atoms with E-state index in [0.717, 1.165) is 12.2 Å². The summed E-state index contributed by atoms with van der Waals surface area (Å²) in [4.78, 5) is 2.12. The van der Waals surface area contributed by atoms with Crippen LogP contribution in [-0.2, 0) is 0 Å². The second-order valence-corrected chi connectivity index (χ2v) is 4.42. The van der Waals surface area contributed by atoms with Crippen molar-refractivity contribution in [3.05, 3.63) is 23.2 Å². The van der Waals surface area contributed by atoms with Crippen molar-refractivity contribution in [1.82, 2.24) is 4.90 Å². The zero-order valence-electron chi connectivity index (χ0n) is 9.42. The Hall–Kier alpha value is -0.930. The quantitative estimate of drug-likeness (QED) is 0.776. The number of rotatable bonds is 4. The van der Waals surface area contributed by atoms with E-state index in [0.29, 0.717) is 16.8 Å². The molecule has 84 valence electrons. The summed E-state index contributed by atoms with van der Waals surface area (Å²) < 4.78 is 0. The third-order valence-corrected chi connectivity index (χ3v) is 2.39. The molecule has 0 amide bonds. The fraction of sp³-hybridized carbons (Fsp3) is 0.455. The van der Waals surface area contributed by atoms with Gasteiger partial charge in [-0.25, -0.2) is 0 Å². The van der Waals surface area contributed by atoms with E-state index in [4.69, 9.17) is 17.3 Å². The molecule has 0 radical (unpaired) electrons. The summed E-state index contributed by atoms with van der Waals surface area (Å²) in [5, 5.41) is 3.98. The van der Waals surface area contributed by atoms with Crippen LogP contribution in [0.2, 0.25) is 5.02 Å². The van der Waals surface area contributed by atoms with E-state index in [9.17, 15) is 0 Å². The van der Waals surface area contributed by atoms with Gasteiger partial charge in [-0.15, -0.1) is 0 Å². The molecule has 0 aromatic heterocycles. The largest absolute Gasteiger partial charge is 0.397 e. The van der Waals surface area contributed by atoms with E-state index < -0.39 is 0 Å². The highest BCUT2D eigenvalue weighted by Crippen LogP contribution is 2.28. The van der Waals surface area contributed by atoms with Crippen molar-refractivity contribution < 1.29 is 0 Å². The van der Waals surface area contributed by atoms with Gasteiger partial charge < -0.3 is 16.0 Å². The number of para-hydroxylation sites is 1. The minimum absolute atomic E-state index is 0.308. The van der Waals surface area contributed by atoms with Gasteiger partial charge in [0, 0.05) is 12.6 Å². The van der Waals surface area contributed by atoms with Gasteiger partial charge in [-0.3, -0.25) is 0 Å². The molecule has 0 heterocycles. The summed E-state index contributed by atoms with van der Waals surface area (Å²) in [6, 6.07) is 5.83. The number of nitrogen functional groups attached to an aromatic ring is 1. The Morgan fingerprint density at radius 2 is 2.13 bits per heavy atom. The summed E-state index contributed by atoms with van der Waals surface area (Å²) in [5.74, 6) is 0. The number of benzene rings is 1. The predicted octanol–water partition coefficient (Wildman–Crippen LogP) is 2.28. The van der Waals surface area contributed by atoms with Crippen LogP contribution in [0.25, 0.3) is 0 Å². The maximum absolute atomic E-state index is 6.05. The van der Waals surface area contributed by atoms with Gasteiger partial charge in [0.15, 0.2) is 0 Å². The molecule has 4 heteroatoms. The van der Waals surface area contributed by atoms with Gasteiger partial charge in [-0.2, -0.15) is 0 Å². The molecule has 1 rings (SSSR count). The summed E-state index contributed by atoms with van der Waals surface area (Å²) in [6.45, 7) is 3.04. The number of nitrogens with two attached hydrogens (primary N) is 1. The number of anilines is 2. The van der Waals surface area contributed by atoms with Gasteiger partial charge in [0.2, 0.25) is 0 Å². The summed E-state index contributed by atoms with van der Waals surface area (Å²) in [7, 11) is 4.07. The average molecular weight is 228 g/mol. The molecule has 0 aliphatic carbocycles. The topological polar surface area (TPSA) is 41.3 Å². The molecule has 1 aromatic rings. The molecule has 0 aliphatic heterocycles. The van der Waals surface area contributed by atoms with Crippen LogP contribution >= 0.6 is 11.6 Å². The molecule has 1 aromatic carbocycles. The van der Waals surface area contributed by atoms with Crippen LogP contribution in [-0.4, -0.2) is 31.6 Å². The highest BCUT2D eigenvalue weighted by molar-refractivity contribution is 6.33. The lowest BCUT2D eigenvalue weighted by Crippen LogP contribution is -2.30. The molecule has 0 spiro atoms. The van der Waals surface area contributed by atoms with Crippen molar-refractivity contribution in [2.45, 2.75) is 13.0 Å². The third kappa shape index (κ3) is 3.61. The van der Waals surface area contributed by atoms with Gasteiger partial charge in [-0.1, -0.05) is 17.7 Å². The van der Waals surface area contributed by atoms with Crippen LogP contribution in [0.15, 0.2) is 18.2 Å². The Morgan fingerprint density at radius 3 is 2.67 bits per heavy atom. The summed E-state index contributed by atoms with van der Waals surface area (Å²) >= 11 is 6.05. The lowest BCUT2D eigenvalue weighted by molar-refractivity contribution is 0.392. The van der Waals surface area contributed by atoms with E-state index >= 15 is 0 Å². The van der Waals surface area contributed by atoms with Crippen molar-refractivity contribution in [3.63, 3.8) is 0 Å². The Labute approximate surface area is 96.2 Å².